The molecule has 0 radical (unpaired) electrons. The van der Waals surface area contributed by atoms with Crippen LogP contribution in [-0.4, -0.2) is 37.8 Å². The first-order valence-corrected chi connectivity index (χ1v) is 4.91. The molecular weight excluding hydrogens is 226 g/mol. The van der Waals surface area contributed by atoms with Crippen molar-refractivity contribution in [3.63, 3.8) is 0 Å². The molecule has 0 unspecified atom stereocenters. The molecule has 1 heterocycles. The van der Waals surface area contributed by atoms with E-state index in [1.165, 1.54) is 19.2 Å². The molecule has 0 fully saturated rings. The van der Waals surface area contributed by atoms with Gasteiger partial charge in [-0.05, 0) is 18.6 Å². The lowest BCUT2D eigenvalue weighted by Gasteiger charge is -2.26. The molecule has 0 spiro atoms. The number of carbonyl (C=O) groups is 2. The minimum atomic E-state index is -2.04. The van der Waals surface area contributed by atoms with Gasteiger partial charge in [-0.2, -0.15) is 0 Å². The highest BCUT2D eigenvalue weighted by Crippen LogP contribution is 2.30. The van der Waals surface area contributed by atoms with Gasteiger partial charge in [0, 0.05) is 18.3 Å². The summed E-state index contributed by atoms with van der Waals surface area (Å²) in [4.78, 5) is 25.5. The van der Waals surface area contributed by atoms with Gasteiger partial charge in [0.25, 0.3) is 0 Å². The molecule has 17 heavy (non-hydrogen) atoms. The molecule has 0 saturated heterocycles. The molecule has 0 aromatic carbocycles. The number of aliphatic carboxylic acids is 1. The zero-order valence-corrected chi connectivity index (χ0v) is 9.41. The van der Waals surface area contributed by atoms with Crippen molar-refractivity contribution in [3.8, 4) is 0 Å². The Labute approximate surface area is 97.5 Å². The molecule has 0 aliphatic heterocycles. The minimum absolute atomic E-state index is 0.110. The third kappa shape index (κ3) is 2.42. The van der Waals surface area contributed by atoms with E-state index < -0.39 is 23.5 Å². The average molecular weight is 239 g/mol. The van der Waals surface area contributed by atoms with Gasteiger partial charge in [-0.25, -0.2) is 9.59 Å². The van der Waals surface area contributed by atoms with E-state index in [1.54, 1.807) is 0 Å². The highest BCUT2D eigenvalue weighted by atomic mass is 16.4. The van der Waals surface area contributed by atoms with Crippen LogP contribution in [0.15, 0.2) is 18.5 Å². The van der Waals surface area contributed by atoms with Crippen LogP contribution in [-0.2, 0) is 4.79 Å². The molecule has 1 aromatic heterocycles. The highest BCUT2D eigenvalue weighted by Gasteiger charge is 2.39. The normalized spacial score (nSPS) is 15.9. The van der Waals surface area contributed by atoms with Crippen molar-refractivity contribution in [3.05, 3.63) is 29.6 Å². The number of nitrogens with zero attached hydrogens (tertiary/aromatic N) is 1. The van der Waals surface area contributed by atoms with Gasteiger partial charge in [-0.3, -0.25) is 4.98 Å². The molecule has 3 N–H and O–H groups in total. The summed E-state index contributed by atoms with van der Waals surface area (Å²) in [7, 11) is 0. The number of aliphatic hydroxyl groups is 1. The van der Waals surface area contributed by atoms with Crippen LogP contribution in [0.1, 0.15) is 35.7 Å². The molecule has 0 saturated carbocycles. The molecule has 0 bridgehead atoms. The second-order valence-corrected chi connectivity index (χ2v) is 3.94. The number of carboxylic acids is 2. The fourth-order valence-electron chi connectivity index (χ4n) is 1.45. The minimum Gasteiger partial charge on any atom is -0.479 e. The Balaban J connectivity index is 3.26. The van der Waals surface area contributed by atoms with E-state index in [0.717, 1.165) is 13.1 Å². The van der Waals surface area contributed by atoms with Crippen molar-refractivity contribution in [1.29, 1.82) is 0 Å². The predicted molar refractivity (Wildman–Crippen MR) is 57.9 cm³/mol. The number of rotatable bonds is 4. The first-order chi connectivity index (χ1) is 7.78. The number of pyridine rings is 1. The maximum Gasteiger partial charge on any atom is 0.337 e. The van der Waals surface area contributed by atoms with Gasteiger partial charge in [-0.15, -0.1) is 0 Å². The van der Waals surface area contributed by atoms with Crippen molar-refractivity contribution in [2.75, 3.05) is 0 Å². The predicted octanol–water partition coefficient (Wildman–Crippen LogP) is 0.719. The maximum absolute atomic E-state index is 11.0. The number of hydrogen-bond donors (Lipinski definition) is 3. The standard InChI is InChI=1S/C11H13NO5/c1-6(11(2,17)10(15)16)7-3-4-12-5-8(7)9(13)14/h3-6,17H,1-2H3,(H,13,14)(H,15,16)/t6-,11-/m0/s1. The van der Waals surface area contributed by atoms with E-state index in [1.807, 2.05) is 0 Å². The molecule has 92 valence electrons. The van der Waals surface area contributed by atoms with E-state index in [0.29, 0.717) is 0 Å². The first-order valence-electron chi connectivity index (χ1n) is 4.91. The van der Waals surface area contributed by atoms with Crippen molar-refractivity contribution in [2.45, 2.75) is 25.4 Å². The fourth-order valence-corrected chi connectivity index (χ4v) is 1.45. The molecule has 0 amide bonds. The van der Waals surface area contributed by atoms with Crippen LogP contribution >= 0.6 is 0 Å². The topological polar surface area (TPSA) is 108 Å². The van der Waals surface area contributed by atoms with E-state index >= 15 is 0 Å². The van der Waals surface area contributed by atoms with Crippen molar-refractivity contribution in [1.82, 2.24) is 4.98 Å². The second kappa shape index (κ2) is 4.50. The molecule has 6 nitrogen and oxygen atoms in total. The summed E-state index contributed by atoms with van der Waals surface area (Å²) in [5.74, 6) is -3.48. The quantitative estimate of drug-likeness (QED) is 0.714. The Hall–Kier alpha value is -1.95. The van der Waals surface area contributed by atoms with Crippen LogP contribution in [0.5, 0.6) is 0 Å². The Morgan fingerprint density at radius 2 is 2.00 bits per heavy atom. The average Bonchev–Trinajstić information content (AvgIpc) is 2.27. The SMILES string of the molecule is C[C@@H](c1ccncc1C(=O)O)[C@](C)(O)C(=O)O. The molecule has 0 aliphatic carbocycles. The van der Waals surface area contributed by atoms with E-state index in [2.05, 4.69) is 4.98 Å². The van der Waals surface area contributed by atoms with Crippen LogP contribution in [0.2, 0.25) is 0 Å². The molecule has 0 aliphatic rings. The number of hydrogen-bond acceptors (Lipinski definition) is 4. The van der Waals surface area contributed by atoms with Crippen LogP contribution in [0.25, 0.3) is 0 Å². The third-order valence-electron chi connectivity index (χ3n) is 2.83. The Kier molecular flexibility index (Phi) is 3.47. The Morgan fingerprint density at radius 1 is 1.41 bits per heavy atom. The lowest BCUT2D eigenvalue weighted by atomic mass is 9.83. The summed E-state index contributed by atoms with van der Waals surface area (Å²) < 4.78 is 0. The summed E-state index contributed by atoms with van der Waals surface area (Å²) >= 11 is 0. The van der Waals surface area contributed by atoms with Crippen LogP contribution in [0.3, 0.4) is 0 Å². The van der Waals surface area contributed by atoms with Gasteiger partial charge in [0.1, 0.15) is 0 Å². The van der Waals surface area contributed by atoms with Gasteiger partial charge in [-0.1, -0.05) is 6.92 Å². The number of carboxylic acid groups (broad SMARTS) is 2. The van der Waals surface area contributed by atoms with Crippen LogP contribution in [0, 0.1) is 0 Å². The lowest BCUT2D eigenvalue weighted by Crippen LogP contribution is -2.40. The summed E-state index contributed by atoms with van der Waals surface area (Å²) in [6.07, 6.45) is 2.49. The van der Waals surface area contributed by atoms with Gasteiger partial charge in [0.2, 0.25) is 0 Å². The van der Waals surface area contributed by atoms with Crippen LogP contribution in [0.4, 0.5) is 0 Å². The first kappa shape index (κ1) is 13.1. The summed E-state index contributed by atoms with van der Waals surface area (Å²) in [6.45, 7) is 2.59. The zero-order chi connectivity index (χ0) is 13.2. The summed E-state index contributed by atoms with van der Waals surface area (Å²) in [5.41, 5.74) is -1.91. The number of aromatic carboxylic acids is 1. The Morgan fingerprint density at radius 3 is 2.47 bits per heavy atom. The van der Waals surface area contributed by atoms with Gasteiger partial charge < -0.3 is 15.3 Å². The monoisotopic (exact) mass is 239 g/mol. The maximum atomic E-state index is 11.0. The highest BCUT2D eigenvalue weighted by molar-refractivity contribution is 5.90. The van der Waals surface area contributed by atoms with Crippen molar-refractivity contribution < 1.29 is 24.9 Å². The number of aromatic nitrogens is 1. The van der Waals surface area contributed by atoms with E-state index in [4.69, 9.17) is 10.2 Å². The molecule has 2 atom stereocenters. The summed E-state index contributed by atoms with van der Waals surface area (Å²) in [5, 5.41) is 27.6. The van der Waals surface area contributed by atoms with Crippen LogP contribution < -0.4 is 0 Å². The van der Waals surface area contributed by atoms with E-state index in [-0.39, 0.29) is 11.1 Å². The molecule has 6 heteroatoms. The zero-order valence-electron chi connectivity index (χ0n) is 9.41. The fraction of sp³-hybridized carbons (Fsp3) is 0.364. The van der Waals surface area contributed by atoms with Crippen molar-refractivity contribution >= 4 is 11.9 Å². The molecule has 1 rings (SSSR count). The van der Waals surface area contributed by atoms with E-state index in [9.17, 15) is 14.7 Å². The second-order valence-electron chi connectivity index (χ2n) is 3.94. The Bertz CT molecular complexity index is 455. The summed E-state index contributed by atoms with van der Waals surface area (Å²) in [6, 6.07) is 1.39. The smallest absolute Gasteiger partial charge is 0.337 e. The van der Waals surface area contributed by atoms with Gasteiger partial charge >= 0.3 is 11.9 Å². The van der Waals surface area contributed by atoms with Gasteiger partial charge in [0.15, 0.2) is 5.60 Å². The largest absolute Gasteiger partial charge is 0.479 e. The lowest BCUT2D eigenvalue weighted by molar-refractivity contribution is -0.158. The molecular formula is C11H13NO5. The molecule has 1 aromatic rings. The third-order valence-corrected chi connectivity index (χ3v) is 2.83. The van der Waals surface area contributed by atoms with Gasteiger partial charge in [0.05, 0.1) is 5.56 Å². The van der Waals surface area contributed by atoms with Crippen molar-refractivity contribution in [2.24, 2.45) is 0 Å².